The second kappa shape index (κ2) is 8.56. The molecule has 5 nitrogen and oxygen atoms in total. The van der Waals surface area contributed by atoms with Crippen LogP contribution in [0.15, 0.2) is 41.8 Å². The lowest BCUT2D eigenvalue weighted by Crippen LogP contribution is -2.64. The van der Waals surface area contributed by atoms with Crippen molar-refractivity contribution in [2.24, 2.45) is 0 Å². The van der Waals surface area contributed by atoms with Crippen LogP contribution in [0.5, 0.6) is 0 Å². The molecular weight excluding hydrogens is 442 g/mol. The molecule has 0 bridgehead atoms. The van der Waals surface area contributed by atoms with E-state index in [2.05, 4.69) is 5.32 Å². The fraction of sp³-hybridized carbons (Fsp3) is 0.440. The number of amides is 2. The average Bonchev–Trinajstić information content (AvgIpc) is 3.27. The van der Waals surface area contributed by atoms with E-state index in [1.807, 2.05) is 53.3 Å². The zero-order valence-electron chi connectivity index (χ0n) is 18.3. The number of rotatable bonds is 4. The molecule has 1 fully saturated rings. The number of hydrogen-bond acceptors (Lipinski definition) is 3. The average molecular weight is 470 g/mol. The number of halogens is 1. The minimum Gasteiger partial charge on any atom is -0.351 e. The first-order valence-electron chi connectivity index (χ1n) is 11.4. The molecule has 1 aromatic carbocycles. The van der Waals surface area contributed by atoms with E-state index in [9.17, 15) is 9.59 Å². The van der Waals surface area contributed by atoms with Crippen LogP contribution in [-0.2, 0) is 17.9 Å². The van der Waals surface area contributed by atoms with Crippen molar-refractivity contribution < 1.29 is 9.59 Å². The van der Waals surface area contributed by atoms with Crippen molar-refractivity contribution in [1.29, 1.82) is 0 Å². The van der Waals surface area contributed by atoms with E-state index in [1.54, 1.807) is 16.2 Å². The Hall–Kier alpha value is -2.31. The predicted molar refractivity (Wildman–Crippen MR) is 129 cm³/mol. The van der Waals surface area contributed by atoms with Crippen LogP contribution in [0.25, 0.3) is 10.2 Å². The third kappa shape index (κ3) is 3.84. The summed E-state index contributed by atoms with van der Waals surface area (Å²) in [4.78, 5) is 29.2. The highest BCUT2D eigenvalue weighted by Crippen LogP contribution is 2.35. The summed E-state index contributed by atoms with van der Waals surface area (Å²) >= 11 is 7.69. The van der Waals surface area contributed by atoms with E-state index >= 15 is 0 Å². The number of carbonyl (C=O) groups is 2. The number of benzene rings is 1. The molecule has 2 amide bonds. The van der Waals surface area contributed by atoms with Crippen molar-refractivity contribution in [1.82, 2.24) is 14.8 Å². The van der Waals surface area contributed by atoms with Crippen molar-refractivity contribution in [2.75, 3.05) is 0 Å². The Morgan fingerprint density at radius 1 is 1.16 bits per heavy atom. The minimum atomic E-state index is -0.982. The van der Waals surface area contributed by atoms with Crippen LogP contribution >= 0.6 is 22.9 Å². The molecule has 1 unspecified atom stereocenters. The van der Waals surface area contributed by atoms with Gasteiger partial charge in [-0.05, 0) is 55.0 Å². The standard InChI is InChI=1S/C25H28ClN3O2S/c1-25(24(31)27-19-6-4-2-3-5-7-19)16-28-20-12-13-32-22(20)14-21(28)23(30)29(25)15-17-8-10-18(26)11-9-17/h8-14,19H,2-7,15-16H2,1H3,(H,27,31). The molecule has 7 heteroatoms. The molecule has 32 heavy (non-hydrogen) atoms. The third-order valence-corrected chi connectivity index (χ3v) is 8.09. The zero-order valence-corrected chi connectivity index (χ0v) is 19.8. The van der Waals surface area contributed by atoms with Crippen LogP contribution in [0.3, 0.4) is 0 Å². The molecule has 1 N–H and O–H groups in total. The van der Waals surface area contributed by atoms with Crippen LogP contribution in [0.4, 0.5) is 0 Å². The predicted octanol–water partition coefficient (Wildman–Crippen LogP) is 5.61. The largest absolute Gasteiger partial charge is 0.351 e. The maximum Gasteiger partial charge on any atom is 0.271 e. The van der Waals surface area contributed by atoms with Crippen molar-refractivity contribution in [3.8, 4) is 0 Å². The van der Waals surface area contributed by atoms with Crippen molar-refractivity contribution in [3.63, 3.8) is 0 Å². The number of thiophene rings is 1. The van der Waals surface area contributed by atoms with E-state index in [0.29, 0.717) is 23.8 Å². The van der Waals surface area contributed by atoms with Gasteiger partial charge in [-0.25, -0.2) is 0 Å². The summed E-state index contributed by atoms with van der Waals surface area (Å²) in [6, 6.07) is 11.7. The molecule has 0 radical (unpaired) electrons. The Kier molecular flexibility index (Phi) is 5.76. The lowest BCUT2D eigenvalue weighted by molar-refractivity contribution is -0.134. The monoisotopic (exact) mass is 469 g/mol. The Bertz CT molecular complexity index is 1140. The van der Waals surface area contributed by atoms with Gasteiger partial charge in [0.15, 0.2) is 0 Å². The fourth-order valence-electron chi connectivity index (χ4n) is 5.06. The minimum absolute atomic E-state index is 0.0607. The summed E-state index contributed by atoms with van der Waals surface area (Å²) < 4.78 is 3.10. The van der Waals surface area contributed by atoms with Gasteiger partial charge >= 0.3 is 0 Å². The topological polar surface area (TPSA) is 54.3 Å². The fourth-order valence-corrected chi connectivity index (χ4v) is 6.01. The van der Waals surface area contributed by atoms with Crippen LogP contribution in [-0.4, -0.2) is 32.9 Å². The summed E-state index contributed by atoms with van der Waals surface area (Å²) in [6.45, 7) is 2.72. The first-order valence-corrected chi connectivity index (χ1v) is 12.7. The first kappa shape index (κ1) is 21.5. The van der Waals surface area contributed by atoms with Gasteiger partial charge in [-0.1, -0.05) is 49.4 Å². The highest BCUT2D eigenvalue weighted by atomic mass is 35.5. The third-order valence-electron chi connectivity index (χ3n) is 6.98. The van der Waals surface area contributed by atoms with Crippen molar-refractivity contribution in [3.05, 3.63) is 58.1 Å². The van der Waals surface area contributed by atoms with Gasteiger partial charge in [0, 0.05) is 17.6 Å². The van der Waals surface area contributed by atoms with E-state index in [0.717, 1.165) is 41.5 Å². The van der Waals surface area contributed by atoms with Crippen molar-refractivity contribution >= 4 is 45.0 Å². The smallest absolute Gasteiger partial charge is 0.271 e. The van der Waals surface area contributed by atoms with Crippen LogP contribution < -0.4 is 5.32 Å². The molecule has 2 aromatic heterocycles. The Labute approximate surface area is 197 Å². The molecule has 168 valence electrons. The summed E-state index contributed by atoms with van der Waals surface area (Å²) in [6.07, 6.45) is 6.77. The summed E-state index contributed by atoms with van der Waals surface area (Å²) in [5, 5.41) is 6.00. The van der Waals surface area contributed by atoms with Gasteiger partial charge in [0.25, 0.3) is 5.91 Å². The molecule has 3 aromatic rings. The molecule has 1 saturated carbocycles. The lowest BCUT2D eigenvalue weighted by Gasteiger charge is -2.44. The summed E-state index contributed by atoms with van der Waals surface area (Å²) in [7, 11) is 0. The number of nitrogens with one attached hydrogen (secondary N) is 1. The van der Waals surface area contributed by atoms with Gasteiger partial charge < -0.3 is 14.8 Å². The maximum atomic E-state index is 13.8. The lowest BCUT2D eigenvalue weighted by atomic mass is 9.93. The molecule has 1 atom stereocenters. The molecule has 1 aliphatic heterocycles. The zero-order chi connectivity index (χ0) is 22.3. The van der Waals surface area contributed by atoms with Gasteiger partial charge in [0.1, 0.15) is 11.2 Å². The highest BCUT2D eigenvalue weighted by molar-refractivity contribution is 7.17. The molecule has 1 aliphatic carbocycles. The number of hydrogen-bond donors (Lipinski definition) is 1. The van der Waals surface area contributed by atoms with Gasteiger partial charge in [-0.3, -0.25) is 9.59 Å². The highest BCUT2D eigenvalue weighted by Gasteiger charge is 2.48. The molecule has 0 saturated heterocycles. The quantitative estimate of drug-likeness (QED) is 0.505. The number of fused-ring (bicyclic) bond motifs is 3. The van der Waals surface area contributed by atoms with Gasteiger partial charge in [-0.2, -0.15) is 0 Å². The second-order valence-corrected chi connectivity index (χ2v) is 10.6. The van der Waals surface area contributed by atoms with E-state index in [1.165, 1.54) is 12.8 Å². The molecular formula is C25H28ClN3O2S. The Balaban J connectivity index is 1.51. The van der Waals surface area contributed by atoms with Crippen LogP contribution in [0, 0.1) is 0 Å². The second-order valence-electron chi connectivity index (χ2n) is 9.24. The van der Waals surface area contributed by atoms with E-state index < -0.39 is 5.54 Å². The van der Waals surface area contributed by atoms with Crippen LogP contribution in [0.2, 0.25) is 5.02 Å². The number of aromatic nitrogens is 1. The first-order chi connectivity index (χ1) is 15.5. The normalized spacial score (nSPS) is 22.1. The SMILES string of the molecule is CC1(C(=O)NC2CCCCCC2)Cn2c(cc3sccc32)C(=O)N1Cc1ccc(Cl)cc1. The maximum absolute atomic E-state index is 13.8. The van der Waals surface area contributed by atoms with Crippen molar-refractivity contribution in [2.45, 2.75) is 70.1 Å². The van der Waals surface area contributed by atoms with Gasteiger partial charge in [0.05, 0.1) is 16.8 Å². The van der Waals surface area contributed by atoms with E-state index in [4.69, 9.17) is 11.6 Å². The molecule has 2 aliphatic rings. The van der Waals surface area contributed by atoms with Crippen LogP contribution in [0.1, 0.15) is 61.5 Å². The summed E-state index contributed by atoms with van der Waals surface area (Å²) in [5.74, 6) is -0.164. The Morgan fingerprint density at radius 3 is 2.59 bits per heavy atom. The number of nitrogens with zero attached hydrogens (tertiary/aromatic N) is 2. The van der Waals surface area contributed by atoms with E-state index in [-0.39, 0.29) is 17.9 Å². The van der Waals surface area contributed by atoms with Gasteiger partial charge in [-0.15, -0.1) is 11.3 Å². The number of carbonyl (C=O) groups excluding carboxylic acids is 2. The van der Waals surface area contributed by atoms with Gasteiger partial charge in [0.2, 0.25) is 5.91 Å². The molecule has 3 heterocycles. The Morgan fingerprint density at radius 2 is 1.88 bits per heavy atom. The molecule has 0 spiro atoms. The summed E-state index contributed by atoms with van der Waals surface area (Å²) in [5.41, 5.74) is 1.65. The molecule has 5 rings (SSSR count).